The van der Waals surface area contributed by atoms with Crippen LogP contribution in [-0.4, -0.2) is 117 Å². The zero-order valence-corrected chi connectivity index (χ0v) is 24.4. The average Bonchev–Trinajstić information content (AvgIpc) is 3.67. The van der Waals surface area contributed by atoms with Gasteiger partial charge in [-0.2, -0.15) is 31.4 Å². The van der Waals surface area contributed by atoms with Gasteiger partial charge in [0.2, 0.25) is 5.91 Å². The third-order valence-corrected chi connectivity index (χ3v) is 7.67. The van der Waals surface area contributed by atoms with Gasteiger partial charge < -0.3 is 24.3 Å². The summed E-state index contributed by atoms with van der Waals surface area (Å²) in [4.78, 5) is 38.7. The molecule has 0 aromatic carbocycles. The van der Waals surface area contributed by atoms with E-state index in [4.69, 9.17) is 29.0 Å². The normalized spacial score (nSPS) is 22.7. The molecule has 252 valence electrons. The Morgan fingerprint density at radius 2 is 1.58 bits per heavy atom. The van der Waals surface area contributed by atoms with Gasteiger partial charge >= 0.3 is 24.3 Å². The molecule has 1 amide bonds. The smallest absolute Gasteiger partial charge is 0.475 e. The predicted octanol–water partition coefficient (Wildman–Crippen LogP) is 2.85. The molecule has 5 heterocycles. The van der Waals surface area contributed by atoms with E-state index in [1.54, 1.807) is 6.26 Å². The number of amides is 1. The lowest BCUT2D eigenvalue weighted by molar-refractivity contribution is -0.193. The highest BCUT2D eigenvalue weighted by atomic mass is 19.4. The molecule has 2 atom stereocenters. The van der Waals surface area contributed by atoms with E-state index in [2.05, 4.69) is 26.0 Å². The number of ether oxygens (including phenoxy) is 1. The molecule has 3 aliphatic heterocycles. The number of fused-ring (bicyclic) bond motifs is 1. The number of morpholine rings is 1. The molecule has 5 rings (SSSR count). The highest BCUT2D eigenvalue weighted by Gasteiger charge is 2.54. The summed E-state index contributed by atoms with van der Waals surface area (Å²) in [5, 5.41) is 18.6. The van der Waals surface area contributed by atoms with Crippen LogP contribution >= 0.6 is 0 Å². The largest absolute Gasteiger partial charge is 0.490 e. The first-order valence-corrected chi connectivity index (χ1v) is 13.9. The number of likely N-dealkylation sites (tertiary alicyclic amines) is 2. The third kappa shape index (κ3) is 10.2. The number of carboxylic acid groups (broad SMARTS) is 2. The van der Waals surface area contributed by atoms with Crippen molar-refractivity contribution in [3.63, 3.8) is 0 Å². The average molecular weight is 656 g/mol. The van der Waals surface area contributed by atoms with Gasteiger partial charge in [0.15, 0.2) is 0 Å². The van der Waals surface area contributed by atoms with Crippen molar-refractivity contribution in [2.24, 2.45) is 18.4 Å². The number of halogens is 6. The molecule has 0 radical (unpaired) electrons. The topological polar surface area (TPSA) is 142 Å². The van der Waals surface area contributed by atoms with Crippen molar-refractivity contribution in [1.82, 2.24) is 24.5 Å². The van der Waals surface area contributed by atoms with Gasteiger partial charge in [0.05, 0.1) is 37.6 Å². The van der Waals surface area contributed by atoms with Gasteiger partial charge in [-0.05, 0) is 37.4 Å². The Hall–Kier alpha value is -3.64. The van der Waals surface area contributed by atoms with Crippen LogP contribution < -0.4 is 0 Å². The zero-order valence-electron chi connectivity index (χ0n) is 24.4. The molecule has 2 aromatic rings. The molecule has 3 fully saturated rings. The summed E-state index contributed by atoms with van der Waals surface area (Å²) in [5.74, 6) is -3.86. The summed E-state index contributed by atoms with van der Waals surface area (Å²) in [7, 11) is 1.95. The maximum atomic E-state index is 13.9. The van der Waals surface area contributed by atoms with Crippen LogP contribution in [-0.2, 0) is 39.3 Å². The predicted molar refractivity (Wildman–Crippen MR) is 142 cm³/mol. The van der Waals surface area contributed by atoms with Gasteiger partial charge in [0, 0.05) is 58.1 Å². The number of aromatic nitrogens is 2. The fourth-order valence-corrected chi connectivity index (χ4v) is 5.75. The van der Waals surface area contributed by atoms with Crippen LogP contribution in [0.5, 0.6) is 0 Å². The highest BCUT2D eigenvalue weighted by molar-refractivity contribution is 5.84. The van der Waals surface area contributed by atoms with E-state index in [1.165, 1.54) is 5.56 Å². The molecule has 2 N–H and O–H groups in total. The van der Waals surface area contributed by atoms with Gasteiger partial charge in [0.1, 0.15) is 5.76 Å². The van der Waals surface area contributed by atoms with Crippen LogP contribution in [0.25, 0.3) is 0 Å². The van der Waals surface area contributed by atoms with Crippen molar-refractivity contribution in [2.75, 3.05) is 52.5 Å². The Morgan fingerprint density at radius 1 is 0.978 bits per heavy atom. The summed E-state index contributed by atoms with van der Waals surface area (Å²) in [6, 6.07) is 3.99. The van der Waals surface area contributed by atoms with E-state index >= 15 is 0 Å². The molecule has 2 aromatic heterocycles. The molecular formula is C27H35F6N5O7. The van der Waals surface area contributed by atoms with Gasteiger partial charge in [-0.1, -0.05) is 0 Å². The minimum Gasteiger partial charge on any atom is -0.475 e. The van der Waals surface area contributed by atoms with Crippen LogP contribution in [0.1, 0.15) is 24.2 Å². The lowest BCUT2D eigenvalue weighted by Gasteiger charge is -2.39. The minimum atomic E-state index is -5.08. The maximum absolute atomic E-state index is 13.9. The summed E-state index contributed by atoms with van der Waals surface area (Å²) in [6.45, 7) is 8.11. The van der Waals surface area contributed by atoms with Gasteiger partial charge in [-0.25, -0.2) is 9.59 Å². The molecular weight excluding hydrogens is 620 g/mol. The second kappa shape index (κ2) is 15.1. The molecule has 0 unspecified atom stereocenters. The monoisotopic (exact) mass is 655 g/mol. The molecule has 18 heteroatoms. The minimum absolute atomic E-state index is 0.308. The third-order valence-electron chi connectivity index (χ3n) is 7.67. The summed E-state index contributed by atoms with van der Waals surface area (Å²) >= 11 is 0. The Labute approximate surface area is 254 Å². The number of rotatable bonds is 5. The van der Waals surface area contributed by atoms with E-state index in [0.29, 0.717) is 38.1 Å². The van der Waals surface area contributed by atoms with Crippen LogP contribution in [0.2, 0.25) is 0 Å². The molecule has 0 bridgehead atoms. The first kappa shape index (κ1) is 35.8. The fourth-order valence-electron chi connectivity index (χ4n) is 5.75. The summed E-state index contributed by atoms with van der Waals surface area (Å²) < 4.78 is 76.4. The van der Waals surface area contributed by atoms with Gasteiger partial charge in [-0.3, -0.25) is 19.3 Å². The zero-order chi connectivity index (χ0) is 33.4. The number of hydrogen-bond acceptors (Lipinski definition) is 8. The highest BCUT2D eigenvalue weighted by Crippen LogP contribution is 2.45. The van der Waals surface area contributed by atoms with E-state index in [-0.39, 0.29) is 5.41 Å². The Kier molecular flexibility index (Phi) is 12.0. The van der Waals surface area contributed by atoms with E-state index in [9.17, 15) is 31.1 Å². The molecule has 0 saturated carbocycles. The second-order valence-electron chi connectivity index (χ2n) is 11.0. The number of furan rings is 1. The first-order valence-electron chi connectivity index (χ1n) is 13.9. The van der Waals surface area contributed by atoms with Crippen LogP contribution in [0, 0.1) is 11.3 Å². The number of nitrogens with zero attached hydrogens (tertiary/aromatic N) is 5. The van der Waals surface area contributed by atoms with Crippen molar-refractivity contribution in [3.8, 4) is 0 Å². The van der Waals surface area contributed by atoms with Crippen LogP contribution in [0.4, 0.5) is 26.3 Å². The number of carboxylic acids is 2. The standard InChI is InChI=1S/C23H33N5O3.2C2HF3O2/c1-25-13-19(12-24-25)14-27-16-20-15-26(17-21-4-2-9-31-21)6-3-5-23(20,18-27)22(29)28-7-10-30-11-8-28;2*3-2(4,5)1(6)7/h2,4,9,12-13,20H,3,5-8,10-11,14-18H2,1H3;2*(H,6,7)/t20-,23-;;/m0../s1. The fraction of sp³-hybridized carbons (Fsp3) is 0.630. The molecule has 0 aliphatic carbocycles. The number of aryl methyl sites for hydroxylation is 1. The van der Waals surface area contributed by atoms with E-state index < -0.39 is 24.3 Å². The van der Waals surface area contributed by atoms with Crippen molar-refractivity contribution < 1.29 is 60.1 Å². The van der Waals surface area contributed by atoms with Crippen molar-refractivity contribution in [2.45, 2.75) is 38.3 Å². The van der Waals surface area contributed by atoms with Crippen LogP contribution in [0.15, 0.2) is 35.2 Å². The Balaban J connectivity index is 0.000000331. The first-order chi connectivity index (χ1) is 21.0. The number of hydrogen-bond donors (Lipinski definition) is 2. The summed E-state index contributed by atoms with van der Waals surface area (Å²) in [5.41, 5.74) is 0.901. The summed E-state index contributed by atoms with van der Waals surface area (Å²) in [6.07, 6.45) is -2.42. The quantitative estimate of drug-likeness (QED) is 0.462. The number of carbonyl (C=O) groups excluding carboxylic acids is 1. The number of aliphatic carboxylic acids is 2. The second-order valence-corrected chi connectivity index (χ2v) is 11.0. The van der Waals surface area contributed by atoms with Crippen molar-refractivity contribution in [1.29, 1.82) is 0 Å². The van der Waals surface area contributed by atoms with Crippen LogP contribution in [0.3, 0.4) is 0 Å². The molecule has 0 spiro atoms. The Bertz CT molecular complexity index is 1240. The lowest BCUT2D eigenvalue weighted by Crippen LogP contribution is -2.52. The maximum Gasteiger partial charge on any atom is 0.490 e. The van der Waals surface area contributed by atoms with Gasteiger partial charge in [0.25, 0.3) is 0 Å². The van der Waals surface area contributed by atoms with Crippen molar-refractivity contribution >= 4 is 17.8 Å². The van der Waals surface area contributed by atoms with E-state index in [1.807, 2.05) is 30.1 Å². The van der Waals surface area contributed by atoms with Gasteiger partial charge in [-0.15, -0.1) is 0 Å². The van der Waals surface area contributed by atoms with Crippen molar-refractivity contribution in [3.05, 3.63) is 42.1 Å². The molecule has 3 saturated heterocycles. The Morgan fingerprint density at radius 3 is 2.09 bits per heavy atom. The SMILES string of the molecule is Cn1cc(CN2C[C@@H]3CN(Cc4ccco4)CCC[C@]3(C(=O)N3CCOCC3)C2)cn1.O=C(O)C(F)(F)F.O=C(O)C(F)(F)F. The lowest BCUT2D eigenvalue weighted by atomic mass is 9.73. The van der Waals surface area contributed by atoms with E-state index in [0.717, 1.165) is 57.9 Å². The number of carbonyl (C=O) groups is 3. The number of alkyl halides is 6. The molecule has 3 aliphatic rings. The molecule has 12 nitrogen and oxygen atoms in total. The molecule has 45 heavy (non-hydrogen) atoms.